The fourth-order valence-corrected chi connectivity index (χ4v) is 5.41. The number of carbonyl (C=O) groups is 5. The highest BCUT2D eigenvalue weighted by Gasteiger charge is 2.38. The van der Waals surface area contributed by atoms with Crippen molar-refractivity contribution in [3.63, 3.8) is 0 Å². The predicted octanol–water partition coefficient (Wildman–Crippen LogP) is -0.0622. The monoisotopic (exact) mass is 660 g/mol. The molecule has 4 amide bonds. The SMILES string of the molecule is CC[C@H](C)[C@H](NC(=O)[C@H](Cc1ccc(O)cc1)NC(=O)[C@@H]1CCCN1C(=O)[C@@H](N)CCCN=C(N)N)C(=O)N[C@@H](CC(C)C)C(=O)O. The van der Waals surface area contributed by atoms with Gasteiger partial charge in [0.2, 0.25) is 23.6 Å². The smallest absolute Gasteiger partial charge is 0.326 e. The fourth-order valence-electron chi connectivity index (χ4n) is 5.41. The summed E-state index contributed by atoms with van der Waals surface area (Å²) in [5, 5.41) is 27.5. The second-order valence-corrected chi connectivity index (χ2v) is 12.6. The van der Waals surface area contributed by atoms with E-state index >= 15 is 0 Å². The quantitative estimate of drug-likeness (QED) is 0.0591. The molecule has 2 rings (SSSR count). The average Bonchev–Trinajstić information content (AvgIpc) is 3.51. The Hall–Kier alpha value is -4.40. The van der Waals surface area contributed by atoms with Crippen LogP contribution in [0.4, 0.5) is 0 Å². The largest absolute Gasteiger partial charge is 0.508 e. The maximum atomic E-state index is 13.8. The number of carbonyl (C=O) groups excluding carboxylic acids is 4. The van der Waals surface area contributed by atoms with Crippen molar-refractivity contribution in [2.75, 3.05) is 13.1 Å². The van der Waals surface area contributed by atoms with E-state index in [1.165, 1.54) is 17.0 Å². The molecule has 6 atom stereocenters. The zero-order chi connectivity index (χ0) is 35.3. The Balaban J connectivity index is 2.26. The Bertz CT molecular complexity index is 1250. The van der Waals surface area contributed by atoms with Gasteiger partial charge in [-0.2, -0.15) is 0 Å². The second-order valence-electron chi connectivity index (χ2n) is 12.6. The number of rotatable bonds is 18. The molecule has 1 aliphatic rings. The van der Waals surface area contributed by atoms with E-state index in [0.717, 1.165) is 0 Å². The van der Waals surface area contributed by atoms with Gasteiger partial charge in [0.1, 0.15) is 29.9 Å². The Morgan fingerprint density at radius 2 is 1.66 bits per heavy atom. The Labute approximate surface area is 276 Å². The minimum atomic E-state index is -1.18. The van der Waals surface area contributed by atoms with Crippen molar-refractivity contribution >= 4 is 35.6 Å². The summed E-state index contributed by atoms with van der Waals surface area (Å²) in [6, 6.07) is 1.01. The number of guanidine groups is 1. The number of amides is 4. The van der Waals surface area contributed by atoms with E-state index in [2.05, 4.69) is 20.9 Å². The molecule has 1 aromatic rings. The number of benzene rings is 1. The molecule has 0 saturated carbocycles. The van der Waals surface area contributed by atoms with Crippen LogP contribution in [0, 0.1) is 11.8 Å². The molecule has 0 bridgehead atoms. The van der Waals surface area contributed by atoms with Crippen LogP contribution in [0.5, 0.6) is 5.75 Å². The second kappa shape index (κ2) is 18.7. The number of nitrogens with two attached hydrogens (primary N) is 3. The van der Waals surface area contributed by atoms with Crippen LogP contribution in [-0.4, -0.2) is 94.0 Å². The van der Waals surface area contributed by atoms with Gasteiger partial charge in [0, 0.05) is 19.5 Å². The van der Waals surface area contributed by atoms with Gasteiger partial charge in [-0.3, -0.25) is 24.2 Å². The average molecular weight is 661 g/mol. The molecule has 15 nitrogen and oxygen atoms in total. The number of aromatic hydroxyl groups is 1. The van der Waals surface area contributed by atoms with Gasteiger partial charge >= 0.3 is 5.97 Å². The summed E-state index contributed by atoms with van der Waals surface area (Å²) in [5.74, 6) is -3.82. The van der Waals surface area contributed by atoms with Crippen LogP contribution in [0.2, 0.25) is 0 Å². The summed E-state index contributed by atoms with van der Waals surface area (Å²) in [7, 11) is 0. The van der Waals surface area contributed by atoms with E-state index < -0.39 is 59.8 Å². The van der Waals surface area contributed by atoms with E-state index in [0.29, 0.717) is 50.8 Å². The van der Waals surface area contributed by atoms with Gasteiger partial charge in [0.25, 0.3) is 0 Å². The summed E-state index contributed by atoms with van der Waals surface area (Å²) in [6.07, 6.45) is 2.44. The van der Waals surface area contributed by atoms with Gasteiger partial charge in [0.15, 0.2) is 5.96 Å². The molecule has 1 saturated heterocycles. The van der Waals surface area contributed by atoms with Crippen LogP contribution in [0.1, 0.15) is 71.8 Å². The molecule has 1 aliphatic heterocycles. The Morgan fingerprint density at radius 3 is 2.23 bits per heavy atom. The molecular weight excluding hydrogens is 608 g/mol. The molecule has 0 aliphatic carbocycles. The summed E-state index contributed by atoms with van der Waals surface area (Å²) < 4.78 is 0. The molecule has 1 aromatic carbocycles. The number of phenolic OH excluding ortho intramolecular Hbond substituents is 1. The number of nitrogens with one attached hydrogen (secondary N) is 3. The molecule has 262 valence electrons. The van der Waals surface area contributed by atoms with Crippen LogP contribution in [0.15, 0.2) is 29.3 Å². The normalized spacial score (nSPS) is 17.6. The van der Waals surface area contributed by atoms with Crippen molar-refractivity contribution in [2.24, 2.45) is 34.0 Å². The topological polar surface area (TPSA) is 256 Å². The van der Waals surface area contributed by atoms with Gasteiger partial charge < -0.3 is 48.3 Å². The van der Waals surface area contributed by atoms with E-state index in [-0.39, 0.29) is 36.4 Å². The van der Waals surface area contributed by atoms with E-state index in [9.17, 15) is 34.2 Å². The number of carboxylic acid groups (broad SMARTS) is 1. The number of likely N-dealkylation sites (tertiary alicyclic amines) is 1. The molecule has 1 fully saturated rings. The molecule has 0 spiro atoms. The van der Waals surface area contributed by atoms with Crippen molar-refractivity contribution in [2.45, 2.75) is 103 Å². The zero-order valence-electron chi connectivity index (χ0n) is 27.8. The third-order valence-electron chi connectivity index (χ3n) is 8.25. The number of carboxylic acids is 1. The van der Waals surface area contributed by atoms with Crippen LogP contribution in [0.25, 0.3) is 0 Å². The van der Waals surface area contributed by atoms with E-state index in [1.54, 1.807) is 19.1 Å². The Kier molecular flexibility index (Phi) is 15.4. The molecule has 0 aromatic heterocycles. The molecule has 0 radical (unpaired) electrons. The molecule has 15 heteroatoms. The highest BCUT2D eigenvalue weighted by atomic mass is 16.4. The van der Waals surface area contributed by atoms with Crippen LogP contribution >= 0.6 is 0 Å². The van der Waals surface area contributed by atoms with Crippen molar-refractivity contribution in [3.05, 3.63) is 29.8 Å². The van der Waals surface area contributed by atoms with Crippen molar-refractivity contribution in [1.82, 2.24) is 20.9 Å². The van der Waals surface area contributed by atoms with Crippen LogP contribution in [-0.2, 0) is 30.4 Å². The zero-order valence-corrected chi connectivity index (χ0v) is 27.8. The first-order chi connectivity index (χ1) is 22.1. The number of aliphatic imine (C=N–C) groups is 1. The van der Waals surface area contributed by atoms with Gasteiger partial charge in [-0.25, -0.2) is 4.79 Å². The molecule has 1 heterocycles. The minimum absolute atomic E-state index is 0.000724. The van der Waals surface area contributed by atoms with Crippen molar-refractivity contribution in [1.29, 1.82) is 0 Å². The lowest BCUT2D eigenvalue weighted by molar-refractivity contribution is -0.143. The van der Waals surface area contributed by atoms with E-state index in [1.807, 2.05) is 20.8 Å². The van der Waals surface area contributed by atoms with Crippen molar-refractivity contribution in [3.8, 4) is 5.75 Å². The lowest BCUT2D eigenvalue weighted by Gasteiger charge is -2.30. The summed E-state index contributed by atoms with van der Waals surface area (Å²) in [5.41, 5.74) is 17.5. The molecule has 47 heavy (non-hydrogen) atoms. The lowest BCUT2D eigenvalue weighted by Crippen LogP contribution is -2.59. The Morgan fingerprint density at radius 1 is 1.00 bits per heavy atom. The van der Waals surface area contributed by atoms with Crippen LogP contribution in [0.3, 0.4) is 0 Å². The van der Waals surface area contributed by atoms with Gasteiger partial charge in [-0.15, -0.1) is 0 Å². The highest BCUT2D eigenvalue weighted by molar-refractivity contribution is 5.96. The summed E-state index contributed by atoms with van der Waals surface area (Å²) in [6.45, 7) is 7.92. The third kappa shape index (κ3) is 12.4. The van der Waals surface area contributed by atoms with Crippen LogP contribution < -0.4 is 33.2 Å². The molecular formula is C32H52N8O7. The molecule has 0 unspecified atom stereocenters. The first kappa shape index (κ1) is 38.8. The molecule has 11 N–H and O–H groups in total. The maximum absolute atomic E-state index is 13.8. The summed E-state index contributed by atoms with van der Waals surface area (Å²) in [4.78, 5) is 71.2. The maximum Gasteiger partial charge on any atom is 0.326 e. The highest BCUT2D eigenvalue weighted by Crippen LogP contribution is 2.20. The van der Waals surface area contributed by atoms with Gasteiger partial charge in [0.05, 0.1) is 6.04 Å². The number of aliphatic carboxylic acids is 1. The number of hydrogen-bond donors (Lipinski definition) is 8. The van der Waals surface area contributed by atoms with Crippen molar-refractivity contribution < 1.29 is 34.2 Å². The van der Waals surface area contributed by atoms with Gasteiger partial charge in [-0.1, -0.05) is 46.2 Å². The minimum Gasteiger partial charge on any atom is -0.508 e. The third-order valence-corrected chi connectivity index (χ3v) is 8.25. The predicted molar refractivity (Wildman–Crippen MR) is 177 cm³/mol. The number of phenols is 1. The number of nitrogens with zero attached hydrogens (tertiary/aromatic N) is 2. The lowest BCUT2D eigenvalue weighted by atomic mass is 9.96. The fraction of sp³-hybridized carbons (Fsp3) is 0.625. The van der Waals surface area contributed by atoms with E-state index in [4.69, 9.17) is 17.2 Å². The summed E-state index contributed by atoms with van der Waals surface area (Å²) >= 11 is 0. The standard InChI is InChI=1S/C32H52N8O7/c1-5-19(4)26(29(44)38-24(31(46)47)16-18(2)3)39-27(42)23(17-20-10-12-21(41)13-11-20)37-28(43)25-9-7-15-40(25)30(45)22(33)8-6-14-36-32(34)35/h10-13,18-19,22-26,41H,5-9,14-17,33H2,1-4H3,(H,37,43)(H,38,44)(H,39,42)(H,46,47)(H4,34,35,36)/t19-,22-,23-,24-,25-,26-/m0/s1. The first-order valence-corrected chi connectivity index (χ1v) is 16.2. The van der Waals surface area contributed by atoms with Gasteiger partial charge in [-0.05, 0) is 61.6 Å². The number of hydrogen-bond acceptors (Lipinski definition) is 8. The first-order valence-electron chi connectivity index (χ1n) is 16.2.